The third-order valence-corrected chi connectivity index (χ3v) is 4.65. The second-order valence-corrected chi connectivity index (χ2v) is 6.67. The molecular formula is C19H28N2O2. The van der Waals surface area contributed by atoms with Crippen LogP contribution in [-0.4, -0.2) is 16.1 Å². The minimum absolute atomic E-state index is 0.282. The van der Waals surface area contributed by atoms with Crippen molar-refractivity contribution in [3.63, 3.8) is 0 Å². The van der Waals surface area contributed by atoms with E-state index in [1.165, 1.54) is 51.4 Å². The Morgan fingerprint density at radius 2 is 1.91 bits per heavy atom. The van der Waals surface area contributed by atoms with E-state index in [0.717, 1.165) is 30.4 Å². The van der Waals surface area contributed by atoms with Gasteiger partial charge >= 0.3 is 6.01 Å². The van der Waals surface area contributed by atoms with Gasteiger partial charge in [-0.2, -0.15) is 4.98 Å². The molecule has 0 atom stereocenters. The van der Waals surface area contributed by atoms with Crippen molar-refractivity contribution in [2.24, 2.45) is 0 Å². The Morgan fingerprint density at radius 1 is 1.13 bits per heavy atom. The van der Waals surface area contributed by atoms with E-state index in [9.17, 15) is 0 Å². The second-order valence-electron chi connectivity index (χ2n) is 6.67. The summed E-state index contributed by atoms with van der Waals surface area (Å²) in [5.74, 6) is 1.02. The van der Waals surface area contributed by atoms with Gasteiger partial charge in [-0.05, 0) is 38.2 Å². The highest BCUT2D eigenvalue weighted by atomic mass is 16.5. The molecule has 0 unspecified atom stereocenters. The molecule has 0 saturated heterocycles. The molecule has 0 N–H and O–H groups in total. The normalized spacial score (nSPS) is 15.5. The first-order valence-electron chi connectivity index (χ1n) is 9.27. The number of nitrogens with zero attached hydrogens (tertiary/aromatic N) is 2. The predicted octanol–water partition coefficient (Wildman–Crippen LogP) is 5.45. The molecule has 2 heterocycles. The minimum Gasteiger partial charge on any atom is -0.460 e. The van der Waals surface area contributed by atoms with Crippen molar-refractivity contribution >= 4 is 11.1 Å². The van der Waals surface area contributed by atoms with Gasteiger partial charge < -0.3 is 9.15 Å². The lowest BCUT2D eigenvalue weighted by molar-refractivity contribution is 0.192. The van der Waals surface area contributed by atoms with Crippen LogP contribution in [0.1, 0.15) is 76.9 Å². The maximum atomic E-state index is 5.87. The molecular weight excluding hydrogens is 288 g/mol. The molecule has 4 nitrogen and oxygen atoms in total. The summed E-state index contributed by atoms with van der Waals surface area (Å²) >= 11 is 0. The third-order valence-electron chi connectivity index (χ3n) is 4.65. The molecule has 2 aromatic rings. The van der Waals surface area contributed by atoms with Crippen LogP contribution in [0.4, 0.5) is 0 Å². The van der Waals surface area contributed by atoms with Gasteiger partial charge in [-0.3, -0.25) is 0 Å². The summed E-state index contributed by atoms with van der Waals surface area (Å²) in [5, 5.41) is 0.977. The van der Waals surface area contributed by atoms with E-state index in [-0.39, 0.29) is 6.10 Å². The van der Waals surface area contributed by atoms with Crippen molar-refractivity contribution < 1.29 is 9.15 Å². The van der Waals surface area contributed by atoms with Crippen LogP contribution in [0, 0.1) is 0 Å². The number of hydrogen-bond donors (Lipinski definition) is 0. The first kappa shape index (κ1) is 16.3. The number of unbranched alkanes of at least 4 members (excludes halogenated alkanes) is 5. The van der Waals surface area contributed by atoms with Gasteiger partial charge in [-0.25, -0.2) is 4.98 Å². The lowest BCUT2D eigenvalue weighted by atomic mass is 10.1. The fraction of sp³-hybridized carbons (Fsp3) is 0.684. The van der Waals surface area contributed by atoms with E-state index in [0.29, 0.717) is 11.7 Å². The van der Waals surface area contributed by atoms with E-state index in [2.05, 4.69) is 23.0 Å². The van der Waals surface area contributed by atoms with E-state index >= 15 is 0 Å². The SMILES string of the molecule is CCCCCCCCc1cc2cnc(OC3CCCC3)nc2o1. The average molecular weight is 316 g/mol. The number of hydrogen-bond acceptors (Lipinski definition) is 4. The Hall–Kier alpha value is -1.58. The van der Waals surface area contributed by atoms with Crippen molar-refractivity contribution in [3.05, 3.63) is 18.0 Å². The Labute approximate surface area is 138 Å². The van der Waals surface area contributed by atoms with Crippen LogP contribution in [0.15, 0.2) is 16.7 Å². The first-order valence-corrected chi connectivity index (χ1v) is 9.27. The van der Waals surface area contributed by atoms with Gasteiger partial charge in [-0.1, -0.05) is 39.0 Å². The number of rotatable bonds is 9. The van der Waals surface area contributed by atoms with E-state index in [1.807, 2.05) is 6.20 Å². The molecule has 4 heteroatoms. The molecule has 0 radical (unpaired) electrons. The largest absolute Gasteiger partial charge is 0.460 e. The Balaban J connectivity index is 1.52. The molecule has 1 fully saturated rings. The number of aromatic nitrogens is 2. The molecule has 2 aromatic heterocycles. The molecule has 1 saturated carbocycles. The molecule has 1 aliphatic rings. The van der Waals surface area contributed by atoms with Gasteiger partial charge in [0.05, 0.1) is 5.39 Å². The van der Waals surface area contributed by atoms with Crippen molar-refractivity contribution in [1.82, 2.24) is 9.97 Å². The molecule has 0 aliphatic heterocycles. The van der Waals surface area contributed by atoms with Crippen molar-refractivity contribution in [2.45, 2.75) is 83.7 Å². The lowest BCUT2D eigenvalue weighted by Crippen LogP contribution is -2.12. The van der Waals surface area contributed by atoms with E-state index in [4.69, 9.17) is 9.15 Å². The van der Waals surface area contributed by atoms with E-state index < -0.39 is 0 Å². The highest BCUT2D eigenvalue weighted by Crippen LogP contribution is 2.24. The monoisotopic (exact) mass is 316 g/mol. The Morgan fingerprint density at radius 3 is 2.74 bits per heavy atom. The van der Waals surface area contributed by atoms with Gasteiger partial charge in [0, 0.05) is 12.6 Å². The van der Waals surface area contributed by atoms with Crippen LogP contribution < -0.4 is 4.74 Å². The molecule has 0 aromatic carbocycles. The summed E-state index contributed by atoms with van der Waals surface area (Å²) in [6, 6.07) is 2.53. The zero-order chi connectivity index (χ0) is 15.9. The van der Waals surface area contributed by atoms with Gasteiger partial charge in [0.15, 0.2) is 0 Å². The number of aryl methyl sites for hydroxylation is 1. The zero-order valence-electron chi connectivity index (χ0n) is 14.2. The van der Waals surface area contributed by atoms with Gasteiger partial charge in [-0.15, -0.1) is 0 Å². The zero-order valence-corrected chi connectivity index (χ0v) is 14.2. The van der Waals surface area contributed by atoms with E-state index in [1.54, 1.807) is 0 Å². The van der Waals surface area contributed by atoms with Gasteiger partial charge in [0.1, 0.15) is 11.9 Å². The maximum absolute atomic E-state index is 5.87. The van der Waals surface area contributed by atoms with Gasteiger partial charge in [0.25, 0.3) is 0 Å². The highest BCUT2D eigenvalue weighted by Gasteiger charge is 2.18. The lowest BCUT2D eigenvalue weighted by Gasteiger charge is -2.09. The third kappa shape index (κ3) is 4.69. The Bertz CT molecular complexity index is 602. The summed E-state index contributed by atoms with van der Waals surface area (Å²) in [5.41, 5.74) is 0.661. The van der Waals surface area contributed by atoms with Crippen LogP contribution in [0.5, 0.6) is 6.01 Å². The average Bonchev–Trinajstić information content (AvgIpc) is 3.19. The topological polar surface area (TPSA) is 48.2 Å². The molecule has 23 heavy (non-hydrogen) atoms. The number of furan rings is 1. The molecule has 1 aliphatic carbocycles. The molecule has 126 valence electrons. The summed E-state index contributed by atoms with van der Waals surface area (Å²) < 4.78 is 11.7. The van der Waals surface area contributed by atoms with Gasteiger partial charge in [0.2, 0.25) is 5.71 Å². The Kier molecular flexibility index (Phi) is 5.89. The second kappa shape index (κ2) is 8.32. The summed E-state index contributed by atoms with van der Waals surface area (Å²) in [7, 11) is 0. The highest BCUT2D eigenvalue weighted by molar-refractivity contribution is 5.73. The standard InChI is InChI=1S/C19H28N2O2/c1-2-3-4-5-6-7-12-17-13-15-14-20-19(21-18(15)22-17)23-16-10-8-9-11-16/h13-14,16H,2-12H2,1H3. The number of ether oxygens (including phenoxy) is 1. The van der Waals surface area contributed by atoms with Crippen LogP contribution in [-0.2, 0) is 6.42 Å². The first-order chi connectivity index (χ1) is 11.3. The van der Waals surface area contributed by atoms with Crippen LogP contribution in [0.2, 0.25) is 0 Å². The fourth-order valence-corrected chi connectivity index (χ4v) is 3.28. The van der Waals surface area contributed by atoms with Crippen LogP contribution in [0.25, 0.3) is 11.1 Å². The molecule has 0 amide bonds. The van der Waals surface area contributed by atoms with Crippen LogP contribution >= 0.6 is 0 Å². The number of fused-ring (bicyclic) bond motifs is 1. The molecule has 3 rings (SSSR count). The summed E-state index contributed by atoms with van der Waals surface area (Å²) in [6.07, 6.45) is 15.6. The van der Waals surface area contributed by atoms with Crippen molar-refractivity contribution in [1.29, 1.82) is 0 Å². The molecule has 0 spiro atoms. The summed E-state index contributed by atoms with van der Waals surface area (Å²) in [6.45, 7) is 2.25. The minimum atomic E-state index is 0.282. The van der Waals surface area contributed by atoms with Crippen LogP contribution in [0.3, 0.4) is 0 Å². The van der Waals surface area contributed by atoms with Crippen molar-refractivity contribution in [3.8, 4) is 6.01 Å². The fourth-order valence-electron chi connectivity index (χ4n) is 3.28. The summed E-state index contributed by atoms with van der Waals surface area (Å²) in [4.78, 5) is 8.75. The smallest absolute Gasteiger partial charge is 0.320 e. The quantitative estimate of drug-likeness (QED) is 0.577. The molecule has 0 bridgehead atoms. The van der Waals surface area contributed by atoms with Crippen molar-refractivity contribution in [2.75, 3.05) is 0 Å². The predicted molar refractivity (Wildman–Crippen MR) is 91.8 cm³/mol. The maximum Gasteiger partial charge on any atom is 0.320 e.